The van der Waals surface area contributed by atoms with Gasteiger partial charge in [0.2, 0.25) is 0 Å². The van der Waals surface area contributed by atoms with Crippen LogP contribution < -0.4 is 10.2 Å². The maximum Gasteiger partial charge on any atom is 0.291 e. The van der Waals surface area contributed by atoms with E-state index in [4.69, 9.17) is 4.42 Å². The summed E-state index contributed by atoms with van der Waals surface area (Å²) >= 11 is 1.30. The second kappa shape index (κ2) is 6.80. The molecular weight excluding hydrogens is 348 g/mol. The smallest absolute Gasteiger partial charge is 0.291 e. The second-order valence-electron chi connectivity index (χ2n) is 6.24. The van der Waals surface area contributed by atoms with Gasteiger partial charge in [0.25, 0.3) is 11.8 Å². The zero-order chi connectivity index (χ0) is 18.1. The third-order valence-corrected chi connectivity index (χ3v) is 5.59. The van der Waals surface area contributed by atoms with Crippen molar-refractivity contribution in [2.45, 2.75) is 19.8 Å². The lowest BCUT2D eigenvalue weighted by molar-refractivity contribution is 0.0983. The van der Waals surface area contributed by atoms with E-state index < -0.39 is 0 Å². The first-order valence-electron chi connectivity index (χ1n) is 8.48. The van der Waals surface area contributed by atoms with Crippen molar-refractivity contribution in [3.63, 3.8) is 0 Å². The van der Waals surface area contributed by atoms with E-state index in [1.54, 1.807) is 12.1 Å². The number of aryl methyl sites for hydroxylation is 2. The van der Waals surface area contributed by atoms with Crippen LogP contribution in [0.4, 0.5) is 10.7 Å². The third-order valence-electron chi connectivity index (χ3n) is 4.45. The van der Waals surface area contributed by atoms with Gasteiger partial charge in [-0.1, -0.05) is 18.2 Å². The number of rotatable bonds is 3. The van der Waals surface area contributed by atoms with E-state index in [9.17, 15) is 9.59 Å². The zero-order valence-electron chi connectivity index (χ0n) is 14.3. The summed E-state index contributed by atoms with van der Waals surface area (Å²) in [5, 5.41) is 3.43. The van der Waals surface area contributed by atoms with Crippen LogP contribution in [-0.2, 0) is 6.42 Å². The van der Waals surface area contributed by atoms with Gasteiger partial charge in [0.05, 0.1) is 16.1 Å². The van der Waals surface area contributed by atoms with E-state index in [0.29, 0.717) is 16.4 Å². The van der Waals surface area contributed by atoms with Crippen molar-refractivity contribution in [1.82, 2.24) is 0 Å². The SMILES string of the molecule is Cc1cc(NC(=O)c2ccco2)sc1C(=O)N1CCCc2ccccc21. The molecule has 0 fully saturated rings. The number of hydrogen-bond acceptors (Lipinski definition) is 4. The van der Waals surface area contributed by atoms with Crippen molar-refractivity contribution in [3.8, 4) is 0 Å². The first-order chi connectivity index (χ1) is 12.6. The van der Waals surface area contributed by atoms with Crippen LogP contribution in [0, 0.1) is 6.92 Å². The summed E-state index contributed by atoms with van der Waals surface area (Å²) in [4.78, 5) is 27.7. The first-order valence-corrected chi connectivity index (χ1v) is 9.30. The Morgan fingerprint density at radius 1 is 1.19 bits per heavy atom. The van der Waals surface area contributed by atoms with Gasteiger partial charge in [-0.15, -0.1) is 11.3 Å². The van der Waals surface area contributed by atoms with Crippen LogP contribution in [0.2, 0.25) is 0 Å². The number of hydrogen-bond donors (Lipinski definition) is 1. The molecular formula is C20H18N2O3S. The van der Waals surface area contributed by atoms with Crippen molar-refractivity contribution in [2.24, 2.45) is 0 Å². The number of carbonyl (C=O) groups excluding carboxylic acids is 2. The molecule has 5 nitrogen and oxygen atoms in total. The highest BCUT2D eigenvalue weighted by Crippen LogP contribution is 2.33. The summed E-state index contributed by atoms with van der Waals surface area (Å²) < 4.78 is 5.10. The van der Waals surface area contributed by atoms with Crippen molar-refractivity contribution < 1.29 is 14.0 Å². The standard InChI is InChI=1S/C20H18N2O3S/c1-13-12-17(21-19(23)16-9-5-11-25-16)26-18(13)20(24)22-10-4-7-14-6-2-3-8-15(14)22/h2-3,5-6,8-9,11-12H,4,7,10H2,1H3,(H,21,23). The highest BCUT2D eigenvalue weighted by Gasteiger charge is 2.26. The number of nitrogens with one attached hydrogen (secondary N) is 1. The zero-order valence-corrected chi connectivity index (χ0v) is 15.1. The number of nitrogens with zero attached hydrogens (tertiary/aromatic N) is 1. The average Bonchev–Trinajstić information content (AvgIpc) is 3.30. The molecule has 26 heavy (non-hydrogen) atoms. The maximum atomic E-state index is 13.1. The first kappa shape index (κ1) is 16.6. The summed E-state index contributed by atoms with van der Waals surface area (Å²) in [5.74, 6) is -0.0920. The predicted octanol–water partition coefficient (Wildman–Crippen LogP) is 4.49. The minimum absolute atomic E-state index is 0.0156. The summed E-state index contributed by atoms with van der Waals surface area (Å²) in [6.07, 6.45) is 3.40. The molecule has 0 saturated carbocycles. The van der Waals surface area contributed by atoms with Gasteiger partial charge in [0.15, 0.2) is 5.76 Å². The molecule has 2 aromatic heterocycles. The predicted molar refractivity (Wildman–Crippen MR) is 102 cm³/mol. The Kier molecular flexibility index (Phi) is 4.34. The third kappa shape index (κ3) is 3.04. The van der Waals surface area contributed by atoms with Crippen molar-refractivity contribution >= 4 is 33.8 Å². The Hall–Kier alpha value is -2.86. The topological polar surface area (TPSA) is 62.6 Å². The number of furan rings is 1. The molecule has 2 amide bonds. The van der Waals surface area contributed by atoms with E-state index in [-0.39, 0.29) is 17.6 Å². The lowest BCUT2D eigenvalue weighted by Crippen LogP contribution is -2.35. The molecule has 1 aliphatic rings. The molecule has 3 heterocycles. The van der Waals surface area contributed by atoms with Gasteiger partial charge in [0, 0.05) is 12.2 Å². The van der Waals surface area contributed by atoms with Crippen molar-refractivity contribution in [3.05, 3.63) is 70.5 Å². The molecule has 0 atom stereocenters. The van der Waals surface area contributed by atoms with E-state index in [1.165, 1.54) is 23.2 Å². The molecule has 0 bridgehead atoms. The van der Waals surface area contributed by atoms with E-state index in [0.717, 1.165) is 24.1 Å². The number of fused-ring (bicyclic) bond motifs is 1. The molecule has 0 saturated heterocycles. The quantitative estimate of drug-likeness (QED) is 0.743. The molecule has 3 aromatic rings. The Bertz CT molecular complexity index is 959. The number of carbonyl (C=O) groups is 2. The van der Waals surface area contributed by atoms with Crippen LogP contribution in [-0.4, -0.2) is 18.4 Å². The van der Waals surface area contributed by atoms with Crippen LogP contribution in [0.3, 0.4) is 0 Å². The molecule has 1 N–H and O–H groups in total. The highest BCUT2D eigenvalue weighted by molar-refractivity contribution is 7.18. The van der Waals surface area contributed by atoms with Crippen molar-refractivity contribution in [2.75, 3.05) is 16.8 Å². The van der Waals surface area contributed by atoms with Crippen LogP contribution >= 0.6 is 11.3 Å². The summed E-state index contributed by atoms with van der Waals surface area (Å²) in [7, 11) is 0. The molecule has 4 rings (SSSR count). The monoisotopic (exact) mass is 366 g/mol. The van der Waals surface area contributed by atoms with Gasteiger partial charge in [-0.3, -0.25) is 9.59 Å². The lowest BCUT2D eigenvalue weighted by atomic mass is 10.0. The lowest BCUT2D eigenvalue weighted by Gasteiger charge is -2.29. The molecule has 0 spiro atoms. The molecule has 1 aliphatic heterocycles. The van der Waals surface area contributed by atoms with E-state index in [1.807, 2.05) is 36.1 Å². The molecule has 0 aliphatic carbocycles. The normalized spacial score (nSPS) is 13.3. The largest absolute Gasteiger partial charge is 0.459 e. The van der Waals surface area contributed by atoms with Gasteiger partial charge < -0.3 is 14.6 Å². The van der Waals surface area contributed by atoms with Crippen LogP contribution in [0.15, 0.2) is 53.1 Å². The van der Waals surface area contributed by atoms with Gasteiger partial charge >= 0.3 is 0 Å². The number of amides is 2. The Morgan fingerprint density at radius 2 is 2.04 bits per heavy atom. The summed E-state index contributed by atoms with van der Waals surface area (Å²) in [5.41, 5.74) is 3.04. The summed E-state index contributed by atoms with van der Waals surface area (Å²) in [6.45, 7) is 2.60. The minimum Gasteiger partial charge on any atom is -0.459 e. The fourth-order valence-electron chi connectivity index (χ4n) is 3.20. The molecule has 1 aromatic carbocycles. The number of anilines is 2. The minimum atomic E-state index is -0.321. The highest BCUT2D eigenvalue weighted by atomic mass is 32.1. The number of thiophene rings is 1. The van der Waals surface area contributed by atoms with Crippen LogP contribution in [0.25, 0.3) is 0 Å². The molecule has 0 radical (unpaired) electrons. The van der Waals surface area contributed by atoms with Gasteiger partial charge in [0.1, 0.15) is 0 Å². The number of para-hydroxylation sites is 1. The molecule has 132 valence electrons. The molecule has 0 unspecified atom stereocenters. The van der Waals surface area contributed by atoms with Gasteiger partial charge in [-0.05, 0) is 55.2 Å². The van der Waals surface area contributed by atoms with E-state index in [2.05, 4.69) is 11.4 Å². The molecule has 6 heteroatoms. The van der Waals surface area contributed by atoms with Crippen molar-refractivity contribution in [1.29, 1.82) is 0 Å². The maximum absolute atomic E-state index is 13.1. The Balaban J connectivity index is 1.58. The average molecular weight is 366 g/mol. The van der Waals surface area contributed by atoms with Gasteiger partial charge in [-0.25, -0.2) is 0 Å². The van der Waals surface area contributed by atoms with Gasteiger partial charge in [-0.2, -0.15) is 0 Å². The summed E-state index contributed by atoms with van der Waals surface area (Å²) in [6, 6.07) is 13.1. The fourth-order valence-corrected chi connectivity index (χ4v) is 4.22. The number of benzene rings is 1. The van der Waals surface area contributed by atoms with Crippen LogP contribution in [0.1, 0.15) is 37.8 Å². The van der Waals surface area contributed by atoms with Crippen LogP contribution in [0.5, 0.6) is 0 Å². The van der Waals surface area contributed by atoms with E-state index >= 15 is 0 Å². The Morgan fingerprint density at radius 3 is 2.85 bits per heavy atom. The Labute approximate surface area is 155 Å². The fraction of sp³-hybridized carbons (Fsp3) is 0.200. The second-order valence-corrected chi connectivity index (χ2v) is 7.30.